The highest BCUT2D eigenvalue weighted by Crippen LogP contribution is 2.19. The summed E-state index contributed by atoms with van der Waals surface area (Å²) in [5.41, 5.74) is 1.90. The van der Waals surface area contributed by atoms with Crippen LogP contribution in [0.25, 0.3) is 0 Å². The van der Waals surface area contributed by atoms with E-state index in [0.29, 0.717) is 45.3 Å². The van der Waals surface area contributed by atoms with E-state index in [-0.39, 0.29) is 6.09 Å². The maximum atomic E-state index is 11.8. The lowest BCUT2D eigenvalue weighted by Gasteiger charge is -2.34. The molecular weight excluding hydrogens is 366 g/mol. The molecule has 27 heavy (non-hydrogen) atoms. The lowest BCUT2D eigenvalue weighted by atomic mass is 10.2. The molecule has 0 spiro atoms. The molecule has 0 bridgehead atoms. The Morgan fingerprint density at radius 1 is 1.22 bits per heavy atom. The first-order valence-corrected chi connectivity index (χ1v) is 9.44. The summed E-state index contributed by atoms with van der Waals surface area (Å²) in [6.07, 6.45) is -0.260. The number of nitrogens with one attached hydrogen (secondary N) is 1. The molecule has 0 radical (unpaired) electrons. The van der Waals surface area contributed by atoms with Gasteiger partial charge in [-0.2, -0.15) is 4.98 Å². The predicted molar refractivity (Wildman–Crippen MR) is 106 cm³/mol. The lowest BCUT2D eigenvalue weighted by Crippen LogP contribution is -2.49. The van der Waals surface area contributed by atoms with E-state index in [1.165, 1.54) is 0 Å². The summed E-state index contributed by atoms with van der Waals surface area (Å²) in [5, 5.41) is 4.05. The van der Waals surface area contributed by atoms with Gasteiger partial charge in [0.15, 0.2) is 0 Å². The first-order valence-electron chi connectivity index (χ1n) is 9.06. The number of piperazine rings is 1. The van der Waals surface area contributed by atoms with Gasteiger partial charge in [-0.3, -0.25) is 0 Å². The molecule has 7 nitrogen and oxygen atoms in total. The highest BCUT2D eigenvalue weighted by atomic mass is 35.5. The first kappa shape index (κ1) is 19.2. The molecule has 1 fully saturated rings. The van der Waals surface area contributed by atoms with Crippen LogP contribution in [0.2, 0.25) is 5.02 Å². The van der Waals surface area contributed by atoms with Crippen LogP contribution in [0.3, 0.4) is 0 Å². The molecule has 2 heterocycles. The summed E-state index contributed by atoms with van der Waals surface area (Å²) in [4.78, 5) is 24.8. The molecule has 1 aliphatic heterocycles. The lowest BCUT2D eigenvalue weighted by molar-refractivity contribution is 0.105. The van der Waals surface area contributed by atoms with Crippen LogP contribution in [-0.4, -0.2) is 53.7 Å². The highest BCUT2D eigenvalue weighted by molar-refractivity contribution is 6.31. The first-order chi connectivity index (χ1) is 13.1. The zero-order valence-corrected chi connectivity index (χ0v) is 16.4. The van der Waals surface area contributed by atoms with Crippen LogP contribution in [0.5, 0.6) is 0 Å². The molecule has 1 saturated heterocycles. The van der Waals surface area contributed by atoms with Crippen LogP contribution in [0.4, 0.5) is 16.6 Å². The van der Waals surface area contributed by atoms with Crippen molar-refractivity contribution in [1.82, 2.24) is 14.9 Å². The normalized spacial score (nSPS) is 14.2. The Hall–Kier alpha value is -2.54. The van der Waals surface area contributed by atoms with Crippen molar-refractivity contribution in [2.75, 3.05) is 43.0 Å². The summed E-state index contributed by atoms with van der Waals surface area (Å²) in [6, 6.07) is 9.64. The van der Waals surface area contributed by atoms with Crippen molar-refractivity contribution in [3.8, 4) is 0 Å². The number of halogens is 1. The zero-order valence-electron chi connectivity index (χ0n) is 15.6. The molecule has 0 saturated carbocycles. The second-order valence-corrected chi connectivity index (χ2v) is 6.72. The van der Waals surface area contributed by atoms with Gasteiger partial charge in [0.05, 0.1) is 6.61 Å². The Morgan fingerprint density at radius 3 is 2.67 bits per heavy atom. The van der Waals surface area contributed by atoms with Gasteiger partial charge < -0.3 is 19.9 Å². The third-order valence-electron chi connectivity index (χ3n) is 4.35. The molecule has 144 valence electrons. The Bertz CT molecular complexity index is 793. The number of hydrogen-bond acceptors (Lipinski definition) is 6. The minimum absolute atomic E-state index is 0.260. The van der Waals surface area contributed by atoms with E-state index in [9.17, 15) is 4.79 Å². The summed E-state index contributed by atoms with van der Waals surface area (Å²) in [7, 11) is 0. The Kier molecular flexibility index (Phi) is 6.34. The van der Waals surface area contributed by atoms with Gasteiger partial charge in [0.2, 0.25) is 5.95 Å². The maximum absolute atomic E-state index is 11.8. The fourth-order valence-electron chi connectivity index (χ4n) is 2.92. The quantitative estimate of drug-likeness (QED) is 0.845. The van der Waals surface area contributed by atoms with Crippen molar-refractivity contribution in [3.05, 3.63) is 46.6 Å². The molecule has 0 unspecified atom stereocenters. The van der Waals surface area contributed by atoms with Gasteiger partial charge in [-0.1, -0.05) is 29.8 Å². The molecule has 0 atom stereocenters. The molecule has 2 aromatic rings. The number of aromatic nitrogens is 2. The molecular formula is C19H24ClN5O2. The van der Waals surface area contributed by atoms with Crippen LogP contribution < -0.4 is 10.2 Å². The Morgan fingerprint density at radius 2 is 1.96 bits per heavy atom. The molecule has 1 amide bonds. The second-order valence-electron chi connectivity index (χ2n) is 6.31. The summed E-state index contributed by atoms with van der Waals surface area (Å²) < 4.78 is 5.06. The molecule has 3 rings (SSSR count). The molecule has 1 aromatic heterocycles. The number of rotatable bonds is 5. The SMILES string of the molecule is CCOC(=O)N1CCN(c2nc(C)cc(NCc3ccccc3Cl)n2)CC1. The van der Waals surface area contributed by atoms with E-state index in [0.717, 1.165) is 22.1 Å². The van der Waals surface area contributed by atoms with Gasteiger partial charge >= 0.3 is 6.09 Å². The summed E-state index contributed by atoms with van der Waals surface area (Å²) in [5.74, 6) is 1.42. The van der Waals surface area contributed by atoms with Crippen molar-refractivity contribution < 1.29 is 9.53 Å². The number of carbonyl (C=O) groups is 1. The fourth-order valence-corrected chi connectivity index (χ4v) is 3.12. The Labute approximate surface area is 164 Å². The number of carbonyl (C=O) groups excluding carboxylic acids is 1. The van der Waals surface area contributed by atoms with Crippen molar-refractivity contribution in [1.29, 1.82) is 0 Å². The highest BCUT2D eigenvalue weighted by Gasteiger charge is 2.23. The van der Waals surface area contributed by atoms with Gasteiger partial charge in [-0.15, -0.1) is 0 Å². The number of aryl methyl sites for hydroxylation is 1. The van der Waals surface area contributed by atoms with Crippen LogP contribution in [0, 0.1) is 6.92 Å². The average molecular weight is 390 g/mol. The third kappa shape index (κ3) is 5.01. The zero-order chi connectivity index (χ0) is 19.2. The molecule has 8 heteroatoms. The van der Waals surface area contributed by atoms with E-state index in [1.54, 1.807) is 4.90 Å². The number of nitrogens with zero attached hydrogens (tertiary/aromatic N) is 4. The van der Waals surface area contributed by atoms with Gasteiger partial charge in [0.25, 0.3) is 0 Å². The molecule has 1 aromatic carbocycles. The van der Waals surface area contributed by atoms with E-state index < -0.39 is 0 Å². The van der Waals surface area contributed by atoms with Crippen LogP contribution in [0.15, 0.2) is 30.3 Å². The number of anilines is 2. The van der Waals surface area contributed by atoms with Gasteiger partial charge in [0.1, 0.15) is 5.82 Å². The topological polar surface area (TPSA) is 70.6 Å². The maximum Gasteiger partial charge on any atom is 0.409 e. The smallest absolute Gasteiger partial charge is 0.409 e. The minimum atomic E-state index is -0.260. The molecule has 0 aliphatic carbocycles. The van der Waals surface area contributed by atoms with Crippen molar-refractivity contribution >= 4 is 29.5 Å². The van der Waals surface area contributed by atoms with Crippen LogP contribution in [-0.2, 0) is 11.3 Å². The van der Waals surface area contributed by atoms with Gasteiger partial charge in [-0.25, -0.2) is 9.78 Å². The monoisotopic (exact) mass is 389 g/mol. The predicted octanol–water partition coefficient (Wildman–Crippen LogP) is 3.33. The number of ether oxygens (including phenoxy) is 1. The average Bonchev–Trinajstić information content (AvgIpc) is 2.67. The fraction of sp³-hybridized carbons (Fsp3) is 0.421. The standard InChI is InChI=1S/C19H24ClN5O2/c1-3-27-19(26)25-10-8-24(9-11-25)18-22-14(2)12-17(23-18)21-13-15-6-4-5-7-16(15)20/h4-7,12H,3,8-11,13H2,1-2H3,(H,21,22,23). The summed E-state index contributed by atoms with van der Waals surface area (Å²) in [6.45, 7) is 7.27. The number of hydrogen-bond donors (Lipinski definition) is 1. The largest absolute Gasteiger partial charge is 0.450 e. The second kappa shape index (κ2) is 8.90. The molecule has 1 aliphatic rings. The molecule has 1 N–H and O–H groups in total. The van der Waals surface area contributed by atoms with E-state index in [4.69, 9.17) is 16.3 Å². The van der Waals surface area contributed by atoms with Crippen molar-refractivity contribution in [3.63, 3.8) is 0 Å². The third-order valence-corrected chi connectivity index (χ3v) is 4.72. The van der Waals surface area contributed by atoms with Gasteiger partial charge in [-0.05, 0) is 25.5 Å². The Balaban J connectivity index is 1.64. The summed E-state index contributed by atoms with van der Waals surface area (Å²) >= 11 is 6.21. The van der Waals surface area contributed by atoms with E-state index in [2.05, 4.69) is 20.2 Å². The number of benzene rings is 1. The number of amides is 1. The van der Waals surface area contributed by atoms with Crippen LogP contribution >= 0.6 is 11.6 Å². The van der Waals surface area contributed by atoms with Crippen molar-refractivity contribution in [2.45, 2.75) is 20.4 Å². The van der Waals surface area contributed by atoms with E-state index in [1.807, 2.05) is 44.2 Å². The van der Waals surface area contributed by atoms with E-state index >= 15 is 0 Å². The minimum Gasteiger partial charge on any atom is -0.450 e. The van der Waals surface area contributed by atoms with Gasteiger partial charge in [0, 0.05) is 49.5 Å². The van der Waals surface area contributed by atoms with Crippen LogP contribution in [0.1, 0.15) is 18.2 Å². The van der Waals surface area contributed by atoms with Crippen molar-refractivity contribution in [2.24, 2.45) is 0 Å².